The first-order valence-corrected chi connectivity index (χ1v) is 8.59. The van der Waals surface area contributed by atoms with Gasteiger partial charge in [0.15, 0.2) is 5.65 Å². The highest BCUT2D eigenvalue weighted by Gasteiger charge is 2.24. The second-order valence-corrected chi connectivity index (χ2v) is 6.85. The van der Waals surface area contributed by atoms with E-state index in [0.29, 0.717) is 0 Å². The van der Waals surface area contributed by atoms with Crippen LogP contribution in [0.1, 0.15) is 24.7 Å². The van der Waals surface area contributed by atoms with Gasteiger partial charge in [-0.15, -0.1) is 0 Å². The van der Waals surface area contributed by atoms with Gasteiger partial charge in [-0.1, -0.05) is 42.1 Å². The van der Waals surface area contributed by atoms with Crippen molar-refractivity contribution in [3.63, 3.8) is 0 Å². The minimum absolute atomic E-state index is 0.0307. The first-order chi connectivity index (χ1) is 11.6. The number of carbonyl (C=O) groups excluding carboxylic acids is 1. The van der Waals surface area contributed by atoms with Gasteiger partial charge in [0.25, 0.3) is 0 Å². The number of amides is 1. The summed E-state index contributed by atoms with van der Waals surface area (Å²) in [6, 6.07) is 9.80. The monoisotopic (exact) mass is 341 g/mol. The molecule has 0 aliphatic rings. The third-order valence-electron chi connectivity index (χ3n) is 3.49. The van der Waals surface area contributed by atoms with Crippen molar-refractivity contribution in [2.45, 2.75) is 30.2 Å². The Hall–Kier alpha value is -2.41. The first kappa shape index (κ1) is 16.4. The predicted molar refractivity (Wildman–Crippen MR) is 94.6 cm³/mol. The highest BCUT2D eigenvalue weighted by molar-refractivity contribution is 8.00. The lowest BCUT2D eigenvalue weighted by molar-refractivity contribution is -0.121. The molecule has 0 aliphatic heterocycles. The van der Waals surface area contributed by atoms with E-state index in [2.05, 4.69) is 20.4 Å². The average molecular weight is 341 g/mol. The average Bonchev–Trinajstić information content (AvgIpc) is 2.95. The van der Waals surface area contributed by atoms with E-state index in [9.17, 15) is 4.79 Å². The quantitative estimate of drug-likeness (QED) is 0.571. The molecule has 0 saturated carbocycles. The van der Waals surface area contributed by atoms with Gasteiger partial charge in [-0.05, 0) is 19.4 Å². The molecule has 0 aliphatic carbocycles. The Balaban J connectivity index is 1.98. The van der Waals surface area contributed by atoms with Gasteiger partial charge in [0.05, 0.1) is 11.6 Å². The molecule has 1 unspecified atom stereocenters. The van der Waals surface area contributed by atoms with Gasteiger partial charge in [0, 0.05) is 13.1 Å². The van der Waals surface area contributed by atoms with Crippen LogP contribution in [0.5, 0.6) is 0 Å². The van der Waals surface area contributed by atoms with Crippen molar-refractivity contribution < 1.29 is 4.79 Å². The van der Waals surface area contributed by atoms with Crippen LogP contribution in [0, 0.1) is 0 Å². The van der Waals surface area contributed by atoms with Crippen LogP contribution in [0.3, 0.4) is 0 Å². The molecule has 0 radical (unpaired) electrons. The van der Waals surface area contributed by atoms with Crippen molar-refractivity contribution in [1.29, 1.82) is 0 Å². The van der Waals surface area contributed by atoms with Crippen LogP contribution in [-0.4, -0.2) is 31.7 Å². The van der Waals surface area contributed by atoms with E-state index < -0.39 is 0 Å². The largest absolute Gasteiger partial charge is 0.353 e. The number of fused-ring (bicyclic) bond motifs is 1. The van der Waals surface area contributed by atoms with Crippen LogP contribution >= 0.6 is 11.8 Å². The van der Waals surface area contributed by atoms with Crippen LogP contribution in [0.2, 0.25) is 0 Å². The number of nitrogens with one attached hydrogen (secondary N) is 1. The van der Waals surface area contributed by atoms with Crippen molar-refractivity contribution in [3.05, 3.63) is 48.4 Å². The molecule has 3 rings (SSSR count). The lowest BCUT2D eigenvalue weighted by Gasteiger charge is -2.18. The topological polar surface area (TPSA) is 72.7 Å². The Morgan fingerprint density at radius 2 is 1.96 bits per heavy atom. The molecule has 1 N–H and O–H groups in total. The number of aromatic nitrogens is 4. The zero-order valence-corrected chi connectivity index (χ0v) is 14.6. The molecular formula is C17H19N5OS. The molecule has 0 spiro atoms. The zero-order valence-electron chi connectivity index (χ0n) is 13.8. The molecule has 3 aromatic rings. The second-order valence-electron chi connectivity index (χ2n) is 5.76. The van der Waals surface area contributed by atoms with Crippen molar-refractivity contribution >= 4 is 28.7 Å². The maximum Gasteiger partial charge on any atom is 0.238 e. The summed E-state index contributed by atoms with van der Waals surface area (Å²) in [5, 5.41) is 8.44. The molecule has 124 valence electrons. The summed E-state index contributed by atoms with van der Waals surface area (Å²) >= 11 is 1.42. The zero-order chi connectivity index (χ0) is 17.1. The summed E-state index contributed by atoms with van der Waals surface area (Å²) in [6.45, 7) is 3.91. The molecule has 0 saturated heterocycles. The minimum atomic E-state index is -0.382. The number of nitrogens with zero attached hydrogens (tertiary/aromatic N) is 4. The van der Waals surface area contributed by atoms with Crippen molar-refractivity contribution in [1.82, 2.24) is 25.1 Å². The van der Waals surface area contributed by atoms with E-state index in [1.54, 1.807) is 10.9 Å². The molecule has 1 atom stereocenters. The molecule has 24 heavy (non-hydrogen) atoms. The number of thioether (sulfide) groups is 1. The fourth-order valence-corrected chi connectivity index (χ4v) is 3.48. The lowest BCUT2D eigenvalue weighted by Crippen LogP contribution is -2.33. The molecule has 2 aromatic heterocycles. The van der Waals surface area contributed by atoms with Crippen LogP contribution < -0.4 is 5.32 Å². The molecule has 0 fully saturated rings. The Kier molecular flexibility index (Phi) is 4.80. The van der Waals surface area contributed by atoms with Crippen LogP contribution in [0.25, 0.3) is 11.0 Å². The van der Waals surface area contributed by atoms with Crippen molar-refractivity contribution in [3.8, 4) is 0 Å². The summed E-state index contributed by atoms with van der Waals surface area (Å²) in [6.07, 6.45) is 3.24. The standard InChI is InChI=1S/C17H19N5OS/c1-11(2)21-16(23)14(12-7-5-4-6-8-12)24-17-13-9-20-22(3)15(13)18-10-19-17/h4-11,14H,1-3H3,(H,21,23). The van der Waals surface area contributed by atoms with E-state index in [4.69, 9.17) is 0 Å². The smallest absolute Gasteiger partial charge is 0.238 e. The molecule has 1 aromatic carbocycles. The summed E-state index contributed by atoms with van der Waals surface area (Å²) in [5.41, 5.74) is 1.69. The third-order valence-corrected chi connectivity index (χ3v) is 4.76. The third kappa shape index (κ3) is 3.41. The van der Waals surface area contributed by atoms with Crippen LogP contribution in [-0.2, 0) is 11.8 Å². The minimum Gasteiger partial charge on any atom is -0.353 e. The van der Waals surface area contributed by atoms with Crippen LogP contribution in [0.15, 0.2) is 47.9 Å². The number of benzene rings is 1. The Labute approximate surface area is 144 Å². The maximum atomic E-state index is 12.7. The van der Waals surface area contributed by atoms with Gasteiger partial charge in [-0.3, -0.25) is 9.48 Å². The lowest BCUT2D eigenvalue weighted by atomic mass is 10.1. The SMILES string of the molecule is CC(C)NC(=O)C(Sc1ncnc2c1cnn2C)c1ccccc1. The Bertz CT molecular complexity index is 847. The molecule has 1 amide bonds. The molecular weight excluding hydrogens is 322 g/mol. The highest BCUT2D eigenvalue weighted by Crippen LogP contribution is 2.37. The van der Waals surface area contributed by atoms with Crippen molar-refractivity contribution in [2.75, 3.05) is 0 Å². The van der Waals surface area contributed by atoms with Gasteiger partial charge >= 0.3 is 0 Å². The van der Waals surface area contributed by atoms with Gasteiger partial charge in [-0.2, -0.15) is 5.10 Å². The summed E-state index contributed by atoms with van der Waals surface area (Å²) in [4.78, 5) is 21.3. The van der Waals surface area contributed by atoms with E-state index in [-0.39, 0.29) is 17.2 Å². The fraction of sp³-hybridized carbons (Fsp3) is 0.294. The van der Waals surface area contributed by atoms with Crippen molar-refractivity contribution in [2.24, 2.45) is 7.05 Å². The van der Waals surface area contributed by atoms with Gasteiger partial charge < -0.3 is 5.32 Å². The number of hydrogen-bond donors (Lipinski definition) is 1. The summed E-state index contributed by atoms with van der Waals surface area (Å²) < 4.78 is 1.70. The van der Waals surface area contributed by atoms with Gasteiger partial charge in [0.2, 0.25) is 5.91 Å². The fourth-order valence-electron chi connectivity index (χ4n) is 2.41. The van der Waals surface area contributed by atoms with Gasteiger partial charge in [0.1, 0.15) is 16.6 Å². The predicted octanol–water partition coefficient (Wildman–Crippen LogP) is 2.72. The first-order valence-electron chi connectivity index (χ1n) is 7.71. The van der Waals surface area contributed by atoms with E-state index >= 15 is 0 Å². The molecule has 0 bridgehead atoms. The second kappa shape index (κ2) is 7.00. The number of rotatable bonds is 5. The number of carbonyl (C=O) groups is 1. The van der Waals surface area contributed by atoms with E-state index in [1.165, 1.54) is 18.1 Å². The maximum absolute atomic E-state index is 12.7. The Morgan fingerprint density at radius 3 is 2.67 bits per heavy atom. The Morgan fingerprint density at radius 1 is 1.21 bits per heavy atom. The normalized spacial score (nSPS) is 12.5. The number of aryl methyl sites for hydroxylation is 1. The molecule has 6 nitrogen and oxygen atoms in total. The molecule has 2 heterocycles. The van der Waals surface area contributed by atoms with Crippen LogP contribution in [0.4, 0.5) is 0 Å². The summed E-state index contributed by atoms with van der Waals surface area (Å²) in [7, 11) is 1.84. The number of hydrogen-bond acceptors (Lipinski definition) is 5. The highest BCUT2D eigenvalue weighted by atomic mass is 32.2. The van der Waals surface area contributed by atoms with Gasteiger partial charge in [-0.25, -0.2) is 9.97 Å². The summed E-state index contributed by atoms with van der Waals surface area (Å²) in [5.74, 6) is -0.0307. The van der Waals surface area contributed by atoms with E-state index in [0.717, 1.165) is 21.6 Å². The van der Waals surface area contributed by atoms with E-state index in [1.807, 2.05) is 51.2 Å². The molecule has 7 heteroatoms.